The maximum absolute atomic E-state index is 5.72. The van der Waals surface area contributed by atoms with Crippen molar-refractivity contribution < 1.29 is 4.42 Å². The summed E-state index contributed by atoms with van der Waals surface area (Å²) in [6.07, 6.45) is 8.90. The number of hydrogen-bond acceptors (Lipinski definition) is 3. The maximum atomic E-state index is 5.72. The van der Waals surface area contributed by atoms with E-state index in [0.717, 1.165) is 49.4 Å². The van der Waals surface area contributed by atoms with Gasteiger partial charge >= 0.3 is 0 Å². The zero-order valence-electron chi connectivity index (χ0n) is 11.0. The van der Waals surface area contributed by atoms with Crippen LogP contribution in [-0.4, -0.2) is 17.6 Å². The third-order valence-corrected chi connectivity index (χ3v) is 3.15. The third kappa shape index (κ3) is 4.90. The molecule has 1 N–H and O–H groups in total. The van der Waals surface area contributed by atoms with E-state index in [1.54, 1.807) is 0 Å². The van der Waals surface area contributed by atoms with Gasteiger partial charge in [-0.25, -0.2) is 4.98 Å². The van der Waals surface area contributed by atoms with Gasteiger partial charge in [-0.3, -0.25) is 0 Å². The van der Waals surface area contributed by atoms with Gasteiger partial charge < -0.3 is 9.73 Å². The lowest BCUT2D eigenvalue weighted by atomic mass is 10.1. The van der Waals surface area contributed by atoms with E-state index in [1.807, 2.05) is 6.20 Å². The standard InChI is InChI=1S/C14H24N2O/c1-11(2)5-8-13-10-16-14(17-13)4-3-9-15-12-6-7-12/h10-12,15H,3-9H2,1-2H3. The zero-order valence-corrected chi connectivity index (χ0v) is 11.0. The fourth-order valence-corrected chi connectivity index (χ4v) is 1.84. The van der Waals surface area contributed by atoms with Gasteiger partial charge in [-0.15, -0.1) is 0 Å². The molecule has 1 aliphatic carbocycles. The van der Waals surface area contributed by atoms with Crippen LogP contribution in [0.2, 0.25) is 0 Å². The first-order valence-corrected chi connectivity index (χ1v) is 6.91. The van der Waals surface area contributed by atoms with Crippen molar-refractivity contribution in [3.8, 4) is 0 Å². The van der Waals surface area contributed by atoms with Gasteiger partial charge in [0.25, 0.3) is 0 Å². The van der Waals surface area contributed by atoms with Crippen molar-refractivity contribution in [3.63, 3.8) is 0 Å². The summed E-state index contributed by atoms with van der Waals surface area (Å²) in [5.41, 5.74) is 0. The topological polar surface area (TPSA) is 38.1 Å². The number of oxazole rings is 1. The summed E-state index contributed by atoms with van der Waals surface area (Å²) in [7, 11) is 0. The van der Waals surface area contributed by atoms with E-state index < -0.39 is 0 Å². The second kappa shape index (κ2) is 6.20. The van der Waals surface area contributed by atoms with Crippen LogP contribution in [-0.2, 0) is 12.8 Å². The molecule has 0 atom stereocenters. The summed E-state index contributed by atoms with van der Waals surface area (Å²) in [5.74, 6) is 2.68. The molecule has 1 aliphatic rings. The second-order valence-corrected chi connectivity index (χ2v) is 5.48. The Morgan fingerprint density at radius 2 is 2.24 bits per heavy atom. The molecular weight excluding hydrogens is 212 g/mol. The average molecular weight is 236 g/mol. The van der Waals surface area contributed by atoms with Crippen molar-refractivity contribution in [1.82, 2.24) is 10.3 Å². The number of nitrogens with zero attached hydrogens (tertiary/aromatic N) is 1. The van der Waals surface area contributed by atoms with Crippen molar-refractivity contribution in [2.75, 3.05) is 6.54 Å². The molecule has 0 unspecified atom stereocenters. The predicted octanol–water partition coefficient (Wildman–Crippen LogP) is 2.95. The molecule has 3 heteroatoms. The summed E-state index contributed by atoms with van der Waals surface area (Å²) in [4.78, 5) is 4.33. The van der Waals surface area contributed by atoms with E-state index in [-0.39, 0.29) is 0 Å². The van der Waals surface area contributed by atoms with Crippen molar-refractivity contribution in [3.05, 3.63) is 17.8 Å². The Hall–Kier alpha value is -0.830. The van der Waals surface area contributed by atoms with Crippen molar-refractivity contribution in [2.45, 2.75) is 58.4 Å². The van der Waals surface area contributed by atoms with E-state index in [2.05, 4.69) is 24.1 Å². The molecule has 0 aromatic carbocycles. The lowest BCUT2D eigenvalue weighted by Gasteiger charge is -2.01. The summed E-state index contributed by atoms with van der Waals surface area (Å²) in [6.45, 7) is 5.57. The van der Waals surface area contributed by atoms with Crippen LogP contribution in [0.15, 0.2) is 10.6 Å². The lowest BCUT2D eigenvalue weighted by molar-refractivity contribution is 0.430. The van der Waals surface area contributed by atoms with Gasteiger partial charge in [0.15, 0.2) is 5.89 Å². The monoisotopic (exact) mass is 236 g/mol. The Morgan fingerprint density at radius 1 is 1.41 bits per heavy atom. The van der Waals surface area contributed by atoms with Crippen LogP contribution in [0.4, 0.5) is 0 Å². The van der Waals surface area contributed by atoms with Crippen LogP contribution in [0.3, 0.4) is 0 Å². The van der Waals surface area contributed by atoms with Crippen LogP contribution in [0.5, 0.6) is 0 Å². The van der Waals surface area contributed by atoms with Crippen molar-refractivity contribution >= 4 is 0 Å². The summed E-state index contributed by atoms with van der Waals surface area (Å²) in [6, 6.07) is 0.807. The van der Waals surface area contributed by atoms with Crippen LogP contribution in [0.1, 0.15) is 51.2 Å². The van der Waals surface area contributed by atoms with E-state index in [4.69, 9.17) is 4.42 Å². The maximum Gasteiger partial charge on any atom is 0.194 e. The van der Waals surface area contributed by atoms with Crippen LogP contribution >= 0.6 is 0 Å². The minimum Gasteiger partial charge on any atom is -0.446 e. The van der Waals surface area contributed by atoms with Crippen LogP contribution in [0.25, 0.3) is 0 Å². The van der Waals surface area contributed by atoms with Gasteiger partial charge in [0.1, 0.15) is 5.76 Å². The minimum atomic E-state index is 0.728. The number of rotatable bonds is 8. The molecule has 3 nitrogen and oxygen atoms in total. The molecule has 0 saturated heterocycles. The van der Waals surface area contributed by atoms with Crippen LogP contribution in [0, 0.1) is 5.92 Å². The molecule has 0 spiro atoms. The fourth-order valence-electron chi connectivity index (χ4n) is 1.84. The van der Waals surface area contributed by atoms with Gasteiger partial charge in [-0.1, -0.05) is 13.8 Å². The molecule has 0 aliphatic heterocycles. The van der Waals surface area contributed by atoms with E-state index in [1.165, 1.54) is 19.3 Å². The largest absolute Gasteiger partial charge is 0.446 e. The first-order chi connectivity index (χ1) is 8.24. The predicted molar refractivity (Wildman–Crippen MR) is 69.0 cm³/mol. The molecule has 1 fully saturated rings. The minimum absolute atomic E-state index is 0.728. The molecule has 0 radical (unpaired) electrons. The summed E-state index contributed by atoms with van der Waals surface area (Å²) >= 11 is 0. The molecule has 1 heterocycles. The molecule has 1 aromatic rings. The summed E-state index contributed by atoms with van der Waals surface area (Å²) in [5, 5.41) is 3.50. The SMILES string of the molecule is CC(C)CCc1cnc(CCCNC2CC2)o1. The molecule has 96 valence electrons. The van der Waals surface area contributed by atoms with E-state index >= 15 is 0 Å². The Balaban J connectivity index is 1.62. The van der Waals surface area contributed by atoms with E-state index in [0.29, 0.717) is 0 Å². The van der Waals surface area contributed by atoms with Crippen molar-refractivity contribution in [1.29, 1.82) is 0 Å². The van der Waals surface area contributed by atoms with Crippen molar-refractivity contribution in [2.24, 2.45) is 5.92 Å². The summed E-state index contributed by atoms with van der Waals surface area (Å²) < 4.78 is 5.72. The third-order valence-electron chi connectivity index (χ3n) is 3.15. The average Bonchev–Trinajstić information content (AvgIpc) is 3.01. The quantitative estimate of drug-likeness (QED) is 0.705. The molecule has 0 bridgehead atoms. The number of hydrogen-bond donors (Lipinski definition) is 1. The smallest absolute Gasteiger partial charge is 0.194 e. The number of aromatic nitrogens is 1. The molecular formula is C14H24N2O. The fraction of sp³-hybridized carbons (Fsp3) is 0.786. The number of nitrogens with one attached hydrogen (secondary N) is 1. The zero-order chi connectivity index (χ0) is 12.1. The highest BCUT2D eigenvalue weighted by Crippen LogP contribution is 2.18. The molecule has 17 heavy (non-hydrogen) atoms. The second-order valence-electron chi connectivity index (χ2n) is 5.48. The van der Waals surface area contributed by atoms with Gasteiger partial charge in [0.05, 0.1) is 6.20 Å². The highest BCUT2D eigenvalue weighted by molar-refractivity contribution is 4.94. The van der Waals surface area contributed by atoms with Gasteiger partial charge in [-0.05, 0) is 38.1 Å². The Bertz CT molecular complexity index is 329. The molecule has 0 amide bonds. The first-order valence-electron chi connectivity index (χ1n) is 6.91. The highest BCUT2D eigenvalue weighted by atomic mass is 16.4. The van der Waals surface area contributed by atoms with E-state index in [9.17, 15) is 0 Å². The Labute approximate surface area is 104 Å². The van der Waals surface area contributed by atoms with Crippen LogP contribution < -0.4 is 5.32 Å². The Kier molecular flexibility index (Phi) is 4.60. The number of aryl methyl sites for hydroxylation is 2. The molecule has 2 rings (SSSR count). The Morgan fingerprint density at radius 3 is 2.94 bits per heavy atom. The van der Waals surface area contributed by atoms with Gasteiger partial charge in [0.2, 0.25) is 0 Å². The van der Waals surface area contributed by atoms with Gasteiger partial charge in [-0.2, -0.15) is 0 Å². The van der Waals surface area contributed by atoms with Gasteiger partial charge in [0, 0.05) is 18.9 Å². The first kappa shape index (κ1) is 12.6. The highest BCUT2D eigenvalue weighted by Gasteiger charge is 2.19. The lowest BCUT2D eigenvalue weighted by Crippen LogP contribution is -2.17. The molecule has 1 saturated carbocycles. The molecule has 1 aromatic heterocycles. The normalized spacial score (nSPS) is 15.7.